The van der Waals surface area contributed by atoms with E-state index in [1.165, 1.54) is 5.01 Å². The number of benzene rings is 1. The van der Waals surface area contributed by atoms with Crippen LogP contribution in [0.25, 0.3) is 0 Å². The van der Waals surface area contributed by atoms with Gasteiger partial charge in [0, 0.05) is 31.2 Å². The number of nitrogens with zero attached hydrogens (tertiary/aromatic N) is 2. The van der Waals surface area contributed by atoms with Crippen LogP contribution >= 0.6 is 0 Å². The van der Waals surface area contributed by atoms with Crippen molar-refractivity contribution in [2.24, 2.45) is 0 Å². The standard InChI is InChI=1S/C28H46N4O7/c1-4-11-23(30-26(35)22(5-2)14-10-17-39-19-21-12-7-6-8-13-21)28(37)32-24(15-9-16-31(32)38)27(36)29-20(3)18-25(33)34/h5-8,12-13,20,23-25,28,33-34,37-38H,4,9-11,14-19H2,1-3H3,(H,29,36)(H,30,35)/b22-5+/t20-,23+,24+,28?/m1/s1. The van der Waals surface area contributed by atoms with Gasteiger partial charge in [-0.15, -0.1) is 5.17 Å². The number of amides is 2. The third-order valence-electron chi connectivity index (χ3n) is 6.71. The number of aliphatic hydroxyl groups excluding tert-OH is 2. The highest BCUT2D eigenvalue weighted by atomic mass is 16.6. The van der Waals surface area contributed by atoms with Crippen molar-refractivity contribution in [2.75, 3.05) is 13.2 Å². The summed E-state index contributed by atoms with van der Waals surface area (Å²) in [6.07, 6.45) is 1.90. The fourth-order valence-corrected chi connectivity index (χ4v) is 4.69. The summed E-state index contributed by atoms with van der Waals surface area (Å²) < 4.78 is 5.72. The molecule has 1 unspecified atom stereocenters. The van der Waals surface area contributed by atoms with Crippen LogP contribution in [0, 0.1) is 0 Å². The lowest BCUT2D eigenvalue weighted by Gasteiger charge is -2.44. The van der Waals surface area contributed by atoms with Gasteiger partial charge in [-0.2, -0.15) is 5.01 Å². The number of nitrogens with one attached hydrogen (secondary N) is 2. The van der Waals surface area contributed by atoms with Crippen molar-refractivity contribution < 1.29 is 34.9 Å². The molecule has 1 aromatic carbocycles. The van der Waals surface area contributed by atoms with E-state index in [9.17, 15) is 30.1 Å². The maximum absolute atomic E-state index is 13.1. The molecule has 2 rings (SSSR count). The number of allylic oxidation sites excluding steroid dienone is 1. The van der Waals surface area contributed by atoms with Crippen LogP contribution in [0.3, 0.4) is 0 Å². The molecule has 1 fully saturated rings. The molecule has 0 aromatic heterocycles. The summed E-state index contributed by atoms with van der Waals surface area (Å²) in [7, 11) is 0. The Morgan fingerprint density at radius 2 is 1.90 bits per heavy atom. The first kappa shape index (κ1) is 32.8. The normalized spacial score (nSPS) is 19.5. The average Bonchev–Trinajstić information content (AvgIpc) is 2.90. The van der Waals surface area contributed by atoms with E-state index in [2.05, 4.69) is 10.6 Å². The summed E-state index contributed by atoms with van der Waals surface area (Å²) in [5, 5.41) is 47.9. The molecule has 2 amide bonds. The lowest BCUT2D eigenvalue weighted by Crippen LogP contribution is -2.65. The molecule has 1 saturated heterocycles. The van der Waals surface area contributed by atoms with Crippen molar-refractivity contribution in [3.8, 4) is 0 Å². The van der Waals surface area contributed by atoms with Crippen LogP contribution in [-0.2, 0) is 20.9 Å². The number of carbonyl (C=O) groups is 2. The van der Waals surface area contributed by atoms with Gasteiger partial charge in [0.2, 0.25) is 11.8 Å². The average molecular weight is 551 g/mol. The second-order valence-corrected chi connectivity index (χ2v) is 10.00. The lowest BCUT2D eigenvalue weighted by atomic mass is 10.0. The topological polar surface area (TPSA) is 155 Å². The summed E-state index contributed by atoms with van der Waals surface area (Å²) in [5.41, 5.74) is 1.65. The van der Waals surface area contributed by atoms with Crippen molar-refractivity contribution in [1.82, 2.24) is 20.8 Å². The van der Waals surface area contributed by atoms with Crippen LogP contribution in [0.2, 0.25) is 0 Å². The molecule has 11 nitrogen and oxygen atoms in total. The van der Waals surface area contributed by atoms with Crippen molar-refractivity contribution >= 4 is 11.8 Å². The highest BCUT2D eigenvalue weighted by molar-refractivity contribution is 5.93. The van der Waals surface area contributed by atoms with E-state index < -0.39 is 36.6 Å². The second kappa shape index (κ2) is 17.3. The minimum Gasteiger partial charge on any atom is -0.377 e. The first-order valence-electron chi connectivity index (χ1n) is 13.8. The van der Waals surface area contributed by atoms with Crippen LogP contribution in [0.15, 0.2) is 42.0 Å². The Hall–Kier alpha value is -2.38. The Bertz CT molecular complexity index is 899. The molecule has 1 heterocycles. The predicted molar refractivity (Wildman–Crippen MR) is 146 cm³/mol. The van der Waals surface area contributed by atoms with Crippen molar-refractivity contribution in [2.45, 2.75) is 103 Å². The van der Waals surface area contributed by atoms with E-state index in [-0.39, 0.29) is 18.9 Å². The SMILES string of the molecule is C/C=C(\CCCOCc1ccccc1)C(=O)N[C@@H](CCC)C(O)N1[C@H](C(=O)N[C@H](C)CC(O)O)CCCN1O. The molecule has 0 saturated carbocycles. The maximum atomic E-state index is 13.1. The lowest BCUT2D eigenvalue weighted by molar-refractivity contribution is -0.320. The molecule has 220 valence electrons. The van der Waals surface area contributed by atoms with Crippen LogP contribution in [0.5, 0.6) is 0 Å². The number of aliphatic hydroxyl groups is 3. The van der Waals surface area contributed by atoms with Crippen molar-refractivity contribution in [1.29, 1.82) is 0 Å². The Kier molecular flexibility index (Phi) is 14.6. The zero-order valence-corrected chi connectivity index (χ0v) is 23.3. The molecule has 39 heavy (non-hydrogen) atoms. The summed E-state index contributed by atoms with van der Waals surface area (Å²) in [6.45, 7) is 6.58. The third-order valence-corrected chi connectivity index (χ3v) is 6.71. The second-order valence-electron chi connectivity index (χ2n) is 10.00. The summed E-state index contributed by atoms with van der Waals surface area (Å²) in [4.78, 5) is 26.1. The minimum atomic E-state index is -1.57. The highest BCUT2D eigenvalue weighted by Crippen LogP contribution is 2.23. The largest absolute Gasteiger partial charge is 0.377 e. The van der Waals surface area contributed by atoms with Gasteiger partial charge in [0.15, 0.2) is 6.29 Å². The molecule has 0 aliphatic carbocycles. The number of ether oxygens (including phenoxy) is 1. The van der Waals surface area contributed by atoms with E-state index in [1.807, 2.05) is 37.3 Å². The number of rotatable bonds is 16. The molecule has 0 spiro atoms. The molecule has 4 atom stereocenters. The van der Waals surface area contributed by atoms with Crippen LogP contribution in [0.4, 0.5) is 0 Å². The van der Waals surface area contributed by atoms with Crippen LogP contribution in [0.1, 0.15) is 71.3 Å². The van der Waals surface area contributed by atoms with Gasteiger partial charge in [-0.05, 0) is 51.5 Å². The Morgan fingerprint density at radius 1 is 1.18 bits per heavy atom. The summed E-state index contributed by atoms with van der Waals surface area (Å²) >= 11 is 0. The molecule has 1 aromatic rings. The zero-order chi connectivity index (χ0) is 28.8. The van der Waals surface area contributed by atoms with E-state index in [0.29, 0.717) is 57.3 Å². The van der Waals surface area contributed by atoms with Crippen LogP contribution < -0.4 is 10.6 Å². The molecule has 0 radical (unpaired) electrons. The van der Waals surface area contributed by atoms with Gasteiger partial charge in [0.1, 0.15) is 12.3 Å². The monoisotopic (exact) mass is 550 g/mol. The molecule has 1 aliphatic heterocycles. The first-order valence-corrected chi connectivity index (χ1v) is 13.8. The minimum absolute atomic E-state index is 0.0538. The first-order chi connectivity index (χ1) is 18.7. The van der Waals surface area contributed by atoms with Crippen molar-refractivity contribution in [3.63, 3.8) is 0 Å². The number of carbonyl (C=O) groups excluding carboxylic acids is 2. The van der Waals surface area contributed by atoms with Crippen LogP contribution in [-0.4, -0.2) is 86.3 Å². The highest BCUT2D eigenvalue weighted by Gasteiger charge is 2.41. The smallest absolute Gasteiger partial charge is 0.247 e. The Labute approximate surface area is 231 Å². The van der Waals surface area contributed by atoms with E-state index >= 15 is 0 Å². The quantitative estimate of drug-likeness (QED) is 0.103. The van der Waals surface area contributed by atoms with Gasteiger partial charge >= 0.3 is 0 Å². The van der Waals surface area contributed by atoms with Gasteiger partial charge in [-0.1, -0.05) is 49.8 Å². The predicted octanol–water partition coefficient (Wildman–Crippen LogP) is 1.81. The molecule has 6 N–H and O–H groups in total. The number of hydroxylamine groups is 1. The maximum Gasteiger partial charge on any atom is 0.247 e. The van der Waals surface area contributed by atoms with E-state index in [0.717, 1.165) is 10.7 Å². The van der Waals surface area contributed by atoms with Gasteiger partial charge in [-0.3, -0.25) is 14.8 Å². The van der Waals surface area contributed by atoms with Gasteiger partial charge < -0.3 is 30.7 Å². The molecule has 1 aliphatic rings. The van der Waals surface area contributed by atoms with Gasteiger partial charge in [0.05, 0.1) is 12.6 Å². The Morgan fingerprint density at radius 3 is 2.54 bits per heavy atom. The molecule has 0 bridgehead atoms. The number of hydrogen-bond donors (Lipinski definition) is 6. The zero-order valence-electron chi connectivity index (χ0n) is 23.3. The number of hydrazine groups is 1. The number of hydrogen-bond acceptors (Lipinski definition) is 9. The molecule has 11 heteroatoms. The van der Waals surface area contributed by atoms with Gasteiger partial charge in [0.25, 0.3) is 0 Å². The van der Waals surface area contributed by atoms with Gasteiger partial charge in [-0.25, -0.2) is 0 Å². The molecular weight excluding hydrogens is 504 g/mol. The van der Waals surface area contributed by atoms with E-state index in [4.69, 9.17) is 4.74 Å². The summed E-state index contributed by atoms with van der Waals surface area (Å²) in [6, 6.07) is 7.70. The molecular formula is C28H46N4O7. The van der Waals surface area contributed by atoms with Crippen molar-refractivity contribution in [3.05, 3.63) is 47.5 Å². The van der Waals surface area contributed by atoms with E-state index in [1.54, 1.807) is 19.9 Å². The summed E-state index contributed by atoms with van der Waals surface area (Å²) in [5.74, 6) is -0.765. The Balaban J connectivity index is 1.98. The fourth-order valence-electron chi connectivity index (χ4n) is 4.69. The fraction of sp³-hybridized carbons (Fsp3) is 0.643. The third kappa shape index (κ3) is 11.0.